The highest BCUT2D eigenvalue weighted by molar-refractivity contribution is 7.19. The lowest BCUT2D eigenvalue weighted by molar-refractivity contribution is -0.124. The average Bonchev–Trinajstić information content (AvgIpc) is 3.47. The van der Waals surface area contributed by atoms with E-state index >= 15 is 0 Å². The van der Waals surface area contributed by atoms with Gasteiger partial charge in [0.05, 0.1) is 11.3 Å². The Labute approximate surface area is 158 Å². The predicted molar refractivity (Wildman–Crippen MR) is 105 cm³/mol. The maximum absolute atomic E-state index is 12.2. The molecule has 1 amide bonds. The second kappa shape index (κ2) is 6.48. The molecule has 1 saturated carbocycles. The fourth-order valence-corrected chi connectivity index (χ4v) is 5.76. The van der Waals surface area contributed by atoms with Gasteiger partial charge in [0.2, 0.25) is 5.91 Å². The number of carbonyl (C=O) groups is 1. The topological polar surface area (TPSA) is 58.1 Å². The van der Waals surface area contributed by atoms with Crippen LogP contribution in [0.1, 0.15) is 60.7 Å². The molecular weight excluding hydrogens is 344 g/mol. The molecule has 1 aliphatic heterocycles. The Morgan fingerprint density at radius 1 is 1.15 bits per heavy atom. The van der Waals surface area contributed by atoms with Crippen LogP contribution < -0.4 is 10.2 Å². The summed E-state index contributed by atoms with van der Waals surface area (Å²) in [4.78, 5) is 27.3. The molecule has 5 nitrogen and oxygen atoms in total. The molecular formula is C20H26N4OS. The molecule has 1 N–H and O–H groups in total. The fourth-order valence-electron chi connectivity index (χ4n) is 4.49. The predicted octanol–water partition coefficient (Wildman–Crippen LogP) is 3.41. The number of piperidine rings is 1. The van der Waals surface area contributed by atoms with Crippen molar-refractivity contribution < 1.29 is 4.79 Å². The number of fused-ring (bicyclic) bond motifs is 3. The first-order chi connectivity index (χ1) is 12.7. The number of hydrogen-bond donors (Lipinski definition) is 1. The Morgan fingerprint density at radius 3 is 2.81 bits per heavy atom. The van der Waals surface area contributed by atoms with Crippen LogP contribution in [0.4, 0.5) is 5.82 Å². The van der Waals surface area contributed by atoms with E-state index in [9.17, 15) is 4.79 Å². The molecule has 0 aromatic carbocycles. The third kappa shape index (κ3) is 2.79. The van der Waals surface area contributed by atoms with Crippen molar-refractivity contribution in [2.24, 2.45) is 5.92 Å². The van der Waals surface area contributed by atoms with Crippen molar-refractivity contribution in [3.63, 3.8) is 0 Å². The molecule has 0 bridgehead atoms. The molecule has 138 valence electrons. The van der Waals surface area contributed by atoms with E-state index in [2.05, 4.69) is 10.2 Å². The molecule has 3 aliphatic rings. The van der Waals surface area contributed by atoms with Crippen LogP contribution in [0.5, 0.6) is 0 Å². The Bertz CT molecular complexity index is 857. The molecule has 2 fully saturated rings. The Balaban J connectivity index is 1.60. The van der Waals surface area contributed by atoms with E-state index in [1.807, 2.05) is 11.3 Å². The smallest absolute Gasteiger partial charge is 0.224 e. The highest BCUT2D eigenvalue weighted by atomic mass is 32.1. The van der Waals surface area contributed by atoms with Crippen molar-refractivity contribution in [2.45, 2.75) is 57.3 Å². The Kier molecular flexibility index (Phi) is 4.11. The highest BCUT2D eigenvalue weighted by Gasteiger charge is 2.33. The first-order valence-electron chi connectivity index (χ1n) is 10.0. The van der Waals surface area contributed by atoms with Crippen LogP contribution in [-0.2, 0) is 17.6 Å². The van der Waals surface area contributed by atoms with E-state index in [1.165, 1.54) is 52.8 Å². The number of nitrogens with zero attached hydrogens (tertiary/aromatic N) is 3. The van der Waals surface area contributed by atoms with Gasteiger partial charge in [0.1, 0.15) is 16.5 Å². The van der Waals surface area contributed by atoms with E-state index in [-0.39, 0.29) is 11.8 Å². The summed E-state index contributed by atoms with van der Waals surface area (Å²) in [5.41, 5.74) is 1.50. The molecule has 1 atom stereocenters. The summed E-state index contributed by atoms with van der Waals surface area (Å²) in [6.07, 6.45) is 9.37. The molecule has 0 spiro atoms. The molecule has 1 unspecified atom stereocenters. The normalized spacial score (nSPS) is 23.1. The third-order valence-corrected chi connectivity index (χ3v) is 7.28. The molecule has 2 aliphatic carbocycles. The Hall–Kier alpha value is -1.69. The van der Waals surface area contributed by atoms with Gasteiger partial charge in [-0.3, -0.25) is 4.79 Å². The minimum absolute atomic E-state index is 0.0672. The second-order valence-electron chi connectivity index (χ2n) is 7.97. The number of rotatable bonds is 3. The summed E-state index contributed by atoms with van der Waals surface area (Å²) in [6, 6.07) is 0. The first kappa shape index (κ1) is 16.5. The van der Waals surface area contributed by atoms with Crippen molar-refractivity contribution in [3.05, 3.63) is 16.3 Å². The summed E-state index contributed by atoms with van der Waals surface area (Å²) >= 11 is 1.89. The lowest BCUT2D eigenvalue weighted by Crippen LogP contribution is -2.42. The molecule has 2 aromatic heterocycles. The van der Waals surface area contributed by atoms with Crippen molar-refractivity contribution in [2.75, 3.05) is 25.0 Å². The van der Waals surface area contributed by atoms with Crippen molar-refractivity contribution >= 4 is 33.3 Å². The van der Waals surface area contributed by atoms with Crippen LogP contribution in [-0.4, -0.2) is 36.0 Å². The van der Waals surface area contributed by atoms with Crippen LogP contribution in [0.2, 0.25) is 0 Å². The van der Waals surface area contributed by atoms with E-state index in [1.54, 1.807) is 7.05 Å². The van der Waals surface area contributed by atoms with Crippen LogP contribution in [0, 0.1) is 5.92 Å². The van der Waals surface area contributed by atoms with Gasteiger partial charge in [-0.2, -0.15) is 0 Å². The van der Waals surface area contributed by atoms with Gasteiger partial charge in [-0.15, -0.1) is 11.3 Å². The summed E-state index contributed by atoms with van der Waals surface area (Å²) < 4.78 is 0. The number of aromatic nitrogens is 2. The summed E-state index contributed by atoms with van der Waals surface area (Å²) in [5.74, 6) is 2.93. The lowest BCUT2D eigenvalue weighted by Gasteiger charge is -2.33. The number of aryl methyl sites for hydroxylation is 2. The summed E-state index contributed by atoms with van der Waals surface area (Å²) in [6.45, 7) is 1.77. The number of anilines is 1. The molecule has 3 heterocycles. The van der Waals surface area contributed by atoms with Crippen molar-refractivity contribution in [1.82, 2.24) is 15.3 Å². The number of thiophene rings is 1. The van der Waals surface area contributed by atoms with Crippen LogP contribution in [0.3, 0.4) is 0 Å². The number of amides is 1. The molecule has 6 heteroatoms. The Morgan fingerprint density at radius 2 is 2.00 bits per heavy atom. The summed E-state index contributed by atoms with van der Waals surface area (Å²) in [5, 5.41) is 4.13. The third-order valence-electron chi connectivity index (χ3n) is 6.09. The number of hydrogen-bond acceptors (Lipinski definition) is 5. The van der Waals surface area contributed by atoms with Gasteiger partial charge < -0.3 is 10.2 Å². The molecule has 1 saturated heterocycles. The monoisotopic (exact) mass is 370 g/mol. The second-order valence-corrected chi connectivity index (χ2v) is 9.05. The zero-order chi connectivity index (χ0) is 17.7. The lowest BCUT2D eigenvalue weighted by atomic mass is 9.95. The SMILES string of the molecule is CNC(=O)C1CCCN(c2nc(C3CC3)nc3sc4c(c23)CCCC4)C1. The van der Waals surface area contributed by atoms with E-state index in [0.29, 0.717) is 5.92 Å². The fraction of sp³-hybridized carbons (Fsp3) is 0.650. The van der Waals surface area contributed by atoms with Crippen LogP contribution in [0.15, 0.2) is 0 Å². The standard InChI is InChI=1S/C20H26N4OS/c1-21-19(25)13-5-4-10-24(11-13)18-16-14-6-2-3-7-15(14)26-20(16)23-17(22-18)12-8-9-12/h12-13H,2-11H2,1H3,(H,21,25). The number of carbonyl (C=O) groups excluding carboxylic acids is 1. The van der Waals surface area contributed by atoms with Crippen molar-refractivity contribution in [1.29, 1.82) is 0 Å². The minimum atomic E-state index is 0.0672. The average molecular weight is 371 g/mol. The minimum Gasteiger partial charge on any atom is -0.359 e. The first-order valence-corrected chi connectivity index (χ1v) is 10.8. The van der Waals surface area contributed by atoms with Gasteiger partial charge in [0.25, 0.3) is 0 Å². The van der Waals surface area contributed by atoms with Gasteiger partial charge in [-0.25, -0.2) is 9.97 Å². The zero-order valence-electron chi connectivity index (χ0n) is 15.4. The van der Waals surface area contributed by atoms with Gasteiger partial charge in [0, 0.05) is 30.9 Å². The largest absolute Gasteiger partial charge is 0.359 e. The van der Waals surface area contributed by atoms with E-state index in [4.69, 9.17) is 9.97 Å². The molecule has 5 rings (SSSR count). The van der Waals surface area contributed by atoms with E-state index in [0.717, 1.165) is 44.0 Å². The van der Waals surface area contributed by atoms with Crippen molar-refractivity contribution in [3.8, 4) is 0 Å². The summed E-state index contributed by atoms with van der Waals surface area (Å²) in [7, 11) is 1.74. The van der Waals surface area contributed by atoms with Crippen LogP contribution >= 0.6 is 11.3 Å². The van der Waals surface area contributed by atoms with Gasteiger partial charge in [-0.05, 0) is 56.9 Å². The molecule has 26 heavy (non-hydrogen) atoms. The highest BCUT2D eigenvalue weighted by Crippen LogP contribution is 2.44. The molecule has 0 radical (unpaired) electrons. The molecule has 2 aromatic rings. The van der Waals surface area contributed by atoms with Gasteiger partial charge >= 0.3 is 0 Å². The van der Waals surface area contributed by atoms with Gasteiger partial charge in [-0.1, -0.05) is 0 Å². The zero-order valence-corrected chi connectivity index (χ0v) is 16.2. The maximum atomic E-state index is 12.2. The maximum Gasteiger partial charge on any atom is 0.224 e. The van der Waals surface area contributed by atoms with Crippen LogP contribution in [0.25, 0.3) is 10.2 Å². The van der Waals surface area contributed by atoms with E-state index < -0.39 is 0 Å². The quantitative estimate of drug-likeness (QED) is 0.899. The number of nitrogens with one attached hydrogen (secondary N) is 1. The van der Waals surface area contributed by atoms with Gasteiger partial charge in [0.15, 0.2) is 0 Å².